The Hall–Kier alpha value is -2.01. The van der Waals surface area contributed by atoms with E-state index in [0.29, 0.717) is 5.02 Å². The van der Waals surface area contributed by atoms with E-state index in [1.54, 1.807) is 12.3 Å². The number of benzene rings is 1. The number of nitrogens with one attached hydrogen (secondary N) is 1. The molecule has 3 aromatic rings. The van der Waals surface area contributed by atoms with Crippen LogP contribution in [-0.4, -0.2) is 9.97 Å². The Morgan fingerprint density at radius 1 is 1.14 bits per heavy atom. The second-order valence-corrected chi connectivity index (χ2v) is 5.34. The van der Waals surface area contributed by atoms with Gasteiger partial charge in [0.15, 0.2) is 0 Å². The lowest BCUT2D eigenvalue weighted by Crippen LogP contribution is -2.29. The molecule has 0 amide bonds. The first kappa shape index (κ1) is 13.9. The third-order valence-corrected chi connectivity index (χ3v) is 3.62. The predicted octanol–water partition coefficient (Wildman–Crippen LogP) is 3.14. The number of hydrazine groups is 1. The molecule has 0 fully saturated rings. The molecule has 1 unspecified atom stereocenters. The number of fused-ring (bicyclic) bond motifs is 1. The fourth-order valence-corrected chi connectivity index (χ4v) is 2.45. The van der Waals surface area contributed by atoms with Crippen molar-refractivity contribution < 1.29 is 0 Å². The molecular formula is C16H15ClN4. The van der Waals surface area contributed by atoms with Gasteiger partial charge in [-0.05, 0) is 42.8 Å². The molecule has 21 heavy (non-hydrogen) atoms. The van der Waals surface area contributed by atoms with Crippen LogP contribution in [0.15, 0.2) is 48.7 Å². The summed E-state index contributed by atoms with van der Waals surface area (Å²) < 4.78 is 0. The summed E-state index contributed by atoms with van der Waals surface area (Å²) in [5, 5.41) is 1.68. The van der Waals surface area contributed by atoms with Crippen molar-refractivity contribution in [1.29, 1.82) is 0 Å². The third kappa shape index (κ3) is 2.88. The lowest BCUT2D eigenvalue weighted by Gasteiger charge is -2.16. The Morgan fingerprint density at radius 2 is 2.00 bits per heavy atom. The summed E-state index contributed by atoms with van der Waals surface area (Å²) in [5.74, 6) is 5.70. The fraction of sp³-hybridized carbons (Fsp3) is 0.125. The van der Waals surface area contributed by atoms with Gasteiger partial charge < -0.3 is 0 Å². The SMILES string of the molecule is Cc1ccc2cc(C(NN)c3ccc(Cl)cn3)ccc2n1. The number of nitrogens with two attached hydrogens (primary N) is 1. The molecule has 0 radical (unpaired) electrons. The van der Waals surface area contributed by atoms with E-state index in [4.69, 9.17) is 17.4 Å². The van der Waals surface area contributed by atoms with Gasteiger partial charge >= 0.3 is 0 Å². The molecule has 0 saturated carbocycles. The highest BCUT2D eigenvalue weighted by molar-refractivity contribution is 6.30. The molecule has 106 valence electrons. The molecule has 3 rings (SSSR count). The van der Waals surface area contributed by atoms with E-state index in [1.165, 1.54) is 0 Å². The van der Waals surface area contributed by atoms with E-state index < -0.39 is 0 Å². The van der Waals surface area contributed by atoms with Crippen molar-refractivity contribution in [2.75, 3.05) is 0 Å². The van der Waals surface area contributed by atoms with E-state index >= 15 is 0 Å². The molecule has 1 aromatic carbocycles. The molecule has 4 nitrogen and oxygen atoms in total. The van der Waals surface area contributed by atoms with Crippen molar-refractivity contribution in [1.82, 2.24) is 15.4 Å². The molecular weight excluding hydrogens is 284 g/mol. The minimum Gasteiger partial charge on any atom is -0.271 e. The first-order chi connectivity index (χ1) is 10.2. The number of aryl methyl sites for hydroxylation is 1. The van der Waals surface area contributed by atoms with E-state index in [0.717, 1.165) is 27.9 Å². The zero-order valence-electron chi connectivity index (χ0n) is 11.5. The van der Waals surface area contributed by atoms with Gasteiger partial charge in [0.1, 0.15) is 0 Å². The van der Waals surface area contributed by atoms with Crippen molar-refractivity contribution in [3.05, 3.63) is 70.6 Å². The van der Waals surface area contributed by atoms with E-state index in [2.05, 4.69) is 27.5 Å². The summed E-state index contributed by atoms with van der Waals surface area (Å²) in [5.41, 5.74) is 6.63. The highest BCUT2D eigenvalue weighted by Crippen LogP contribution is 2.24. The van der Waals surface area contributed by atoms with Gasteiger partial charge in [0.05, 0.1) is 22.3 Å². The quantitative estimate of drug-likeness (QED) is 0.576. The number of nitrogens with zero attached hydrogens (tertiary/aromatic N) is 2. The first-order valence-electron chi connectivity index (χ1n) is 6.62. The van der Waals surface area contributed by atoms with Gasteiger partial charge in [0, 0.05) is 17.3 Å². The van der Waals surface area contributed by atoms with Crippen LogP contribution in [0.4, 0.5) is 0 Å². The van der Waals surface area contributed by atoms with Crippen molar-refractivity contribution in [2.24, 2.45) is 5.84 Å². The highest BCUT2D eigenvalue weighted by Gasteiger charge is 2.14. The monoisotopic (exact) mass is 298 g/mol. The standard InChI is InChI=1S/C16H15ClN4/c1-10-2-3-11-8-12(4-6-14(11)20-10)16(21-18)15-7-5-13(17)9-19-15/h2-9,16,21H,18H2,1H3. The van der Waals surface area contributed by atoms with Gasteiger partial charge in [0.25, 0.3) is 0 Å². The molecule has 0 aliphatic carbocycles. The summed E-state index contributed by atoms with van der Waals surface area (Å²) in [4.78, 5) is 8.83. The fourth-order valence-electron chi connectivity index (χ4n) is 2.34. The second kappa shape index (κ2) is 5.77. The Kier molecular flexibility index (Phi) is 3.84. The highest BCUT2D eigenvalue weighted by atomic mass is 35.5. The number of hydrogen-bond acceptors (Lipinski definition) is 4. The van der Waals surface area contributed by atoms with Crippen LogP contribution in [0.5, 0.6) is 0 Å². The number of pyridine rings is 2. The lowest BCUT2D eigenvalue weighted by atomic mass is 10.0. The largest absolute Gasteiger partial charge is 0.271 e. The summed E-state index contributed by atoms with van der Waals surface area (Å²) in [7, 11) is 0. The van der Waals surface area contributed by atoms with Crippen molar-refractivity contribution in [2.45, 2.75) is 13.0 Å². The van der Waals surface area contributed by atoms with Gasteiger partial charge in [-0.3, -0.25) is 15.8 Å². The van der Waals surface area contributed by atoms with Crippen LogP contribution >= 0.6 is 11.6 Å². The average Bonchev–Trinajstić information content (AvgIpc) is 2.50. The number of halogens is 1. The maximum absolute atomic E-state index is 5.88. The van der Waals surface area contributed by atoms with Gasteiger partial charge in [-0.1, -0.05) is 23.7 Å². The van der Waals surface area contributed by atoms with Crippen LogP contribution in [0.1, 0.15) is 23.0 Å². The minimum absolute atomic E-state index is 0.187. The Morgan fingerprint density at radius 3 is 2.71 bits per heavy atom. The first-order valence-corrected chi connectivity index (χ1v) is 7.00. The zero-order chi connectivity index (χ0) is 14.8. The molecule has 5 heteroatoms. The molecule has 0 aliphatic rings. The van der Waals surface area contributed by atoms with Gasteiger partial charge in [-0.2, -0.15) is 0 Å². The van der Waals surface area contributed by atoms with Crippen molar-refractivity contribution in [3.63, 3.8) is 0 Å². The predicted molar refractivity (Wildman–Crippen MR) is 84.9 cm³/mol. The van der Waals surface area contributed by atoms with E-state index in [-0.39, 0.29) is 6.04 Å². The van der Waals surface area contributed by atoms with Gasteiger partial charge in [-0.25, -0.2) is 5.43 Å². The summed E-state index contributed by atoms with van der Waals surface area (Å²) in [6, 6.07) is 13.6. The molecule has 0 saturated heterocycles. The van der Waals surface area contributed by atoms with Crippen LogP contribution in [0.25, 0.3) is 10.9 Å². The van der Waals surface area contributed by atoms with Gasteiger partial charge in [-0.15, -0.1) is 0 Å². The Bertz CT molecular complexity index is 771. The summed E-state index contributed by atoms with van der Waals surface area (Å²) in [6.07, 6.45) is 1.62. The van der Waals surface area contributed by atoms with Crippen LogP contribution in [0, 0.1) is 6.92 Å². The number of aromatic nitrogens is 2. The average molecular weight is 299 g/mol. The van der Waals surface area contributed by atoms with Crippen LogP contribution in [0.2, 0.25) is 5.02 Å². The molecule has 2 aromatic heterocycles. The molecule has 0 bridgehead atoms. The smallest absolute Gasteiger partial charge is 0.0881 e. The topological polar surface area (TPSA) is 63.8 Å². The Balaban J connectivity index is 2.04. The molecule has 0 spiro atoms. The summed E-state index contributed by atoms with van der Waals surface area (Å²) in [6.45, 7) is 1.98. The zero-order valence-corrected chi connectivity index (χ0v) is 12.3. The second-order valence-electron chi connectivity index (χ2n) is 4.91. The third-order valence-electron chi connectivity index (χ3n) is 3.40. The van der Waals surface area contributed by atoms with E-state index in [1.807, 2.05) is 31.2 Å². The molecule has 2 heterocycles. The van der Waals surface area contributed by atoms with Crippen LogP contribution in [0.3, 0.4) is 0 Å². The number of hydrogen-bond donors (Lipinski definition) is 2. The van der Waals surface area contributed by atoms with Crippen molar-refractivity contribution in [3.8, 4) is 0 Å². The lowest BCUT2D eigenvalue weighted by molar-refractivity contribution is 0.621. The number of rotatable bonds is 3. The Labute approximate surface area is 128 Å². The maximum atomic E-state index is 5.88. The van der Waals surface area contributed by atoms with Crippen LogP contribution in [-0.2, 0) is 0 Å². The maximum Gasteiger partial charge on any atom is 0.0881 e. The van der Waals surface area contributed by atoms with Crippen LogP contribution < -0.4 is 11.3 Å². The normalized spacial score (nSPS) is 12.5. The van der Waals surface area contributed by atoms with E-state index in [9.17, 15) is 0 Å². The minimum atomic E-state index is -0.187. The summed E-state index contributed by atoms with van der Waals surface area (Å²) >= 11 is 5.88. The molecule has 1 atom stereocenters. The van der Waals surface area contributed by atoms with Gasteiger partial charge in [0.2, 0.25) is 0 Å². The molecule has 0 aliphatic heterocycles. The van der Waals surface area contributed by atoms with Crippen molar-refractivity contribution >= 4 is 22.5 Å². The molecule has 3 N–H and O–H groups in total.